The van der Waals surface area contributed by atoms with E-state index in [4.69, 9.17) is 35.9 Å². The Morgan fingerprint density at radius 1 is 0.441 bits per heavy atom. The van der Waals surface area contributed by atoms with Gasteiger partial charge in [-0.1, -0.05) is 176 Å². The summed E-state index contributed by atoms with van der Waals surface area (Å²) in [6.07, 6.45) is -1.41. The van der Waals surface area contributed by atoms with Gasteiger partial charge in [-0.25, -0.2) is 0 Å². The number of hydrogen-bond acceptors (Lipinski definition) is 2. The van der Waals surface area contributed by atoms with Crippen molar-refractivity contribution in [3.8, 4) is 44.5 Å². The van der Waals surface area contributed by atoms with Gasteiger partial charge in [-0.05, 0) is 116 Å². The van der Waals surface area contributed by atoms with Gasteiger partial charge in [-0.15, -0.1) is 0 Å². The average Bonchev–Trinajstić information content (AvgIpc) is 1.49. The number of nitrogens with zero attached hydrogens (tertiary/aromatic N) is 1. The first-order valence-corrected chi connectivity index (χ1v) is 17.3. The van der Waals surface area contributed by atoms with Crippen molar-refractivity contribution >= 4 is 39.0 Å². The summed E-state index contributed by atoms with van der Waals surface area (Å²) in [4.78, 5) is 0.211. The van der Waals surface area contributed by atoms with Crippen molar-refractivity contribution in [3.05, 3.63) is 234 Å². The van der Waals surface area contributed by atoms with Crippen molar-refractivity contribution in [2.75, 3.05) is 4.90 Å². The van der Waals surface area contributed by atoms with E-state index in [1.165, 1.54) is 0 Å². The van der Waals surface area contributed by atoms with Crippen molar-refractivity contribution < 1.29 is 57.9 Å². The zero-order valence-electron chi connectivity index (χ0n) is 68.6. The van der Waals surface area contributed by atoms with E-state index >= 15 is 0 Å². The maximum atomic E-state index is 9.97. The van der Waals surface area contributed by atoms with Gasteiger partial charge in [-0.2, -0.15) is 0 Å². The number of furan rings is 1. The Hall–Kier alpha value is -7.42. The molecule has 9 aromatic carbocycles. The first kappa shape index (κ1) is 13.0. The van der Waals surface area contributed by atoms with Gasteiger partial charge in [0.05, 0.1) is 49.3 Å². The van der Waals surface area contributed by atoms with Crippen LogP contribution in [-0.2, 0) is 5.41 Å². The van der Waals surface area contributed by atoms with E-state index in [1.807, 2.05) is 0 Å². The highest BCUT2D eigenvalue weighted by Crippen LogP contribution is 2.55. The highest BCUT2D eigenvalue weighted by molar-refractivity contribution is 6.12. The monoisotopic (exact) mass is 795 g/mol. The van der Waals surface area contributed by atoms with Crippen molar-refractivity contribution in [2.45, 2.75) is 18.7 Å². The second-order valence-corrected chi connectivity index (χ2v) is 12.6. The molecule has 0 N–H and O–H groups in total. The first-order valence-electron chi connectivity index (χ1n) is 36.8. The maximum absolute atomic E-state index is 9.97. The molecule has 1 aliphatic rings. The first-order chi connectivity index (χ1) is 45.3. The molecule has 0 saturated carbocycles. The summed E-state index contributed by atoms with van der Waals surface area (Å²) < 4.78 is 360. The van der Waals surface area contributed by atoms with E-state index in [0.717, 1.165) is 0 Å². The van der Waals surface area contributed by atoms with Gasteiger partial charge in [0.25, 0.3) is 0 Å². The molecule has 1 aliphatic carbocycles. The molecular formula is C57H41NO. The molecule has 0 saturated heterocycles. The summed E-state index contributed by atoms with van der Waals surface area (Å²) in [5.74, 6) is 0. The zero-order chi connectivity index (χ0) is 73.2. The van der Waals surface area contributed by atoms with Crippen molar-refractivity contribution in [1.29, 1.82) is 0 Å². The SMILES string of the molecule is [2H]c1c([2H])c([2H])c(-c2c([2H])c([2H])c(N(c3c([2H])c([2H])c(-c4c([2H])c([2H])c([2H])c5oc6c([2H])c(C7(CC([2H])([2H])[2H])c8c([2H])c([2H])c([2H])c([2H])c8-c8c([2H])c([2H])c([2H])c([2H])c87)c([2H])c([2H])c6c45)c([2H])c3[2H])c3c([2H])c([2H])c([2H])c(-c4c([2H])c([2H])c([2H])c([2H])c4[2H])c3[2H])c([2H])c2[2H])c([2H])c1[2H]. The van der Waals surface area contributed by atoms with Crippen molar-refractivity contribution in [1.82, 2.24) is 0 Å². The highest BCUT2D eigenvalue weighted by atomic mass is 16.3. The molecule has 10 aromatic rings. The molecule has 0 radical (unpaired) electrons. The van der Waals surface area contributed by atoms with Crippen LogP contribution in [0.3, 0.4) is 0 Å². The lowest BCUT2D eigenvalue weighted by molar-refractivity contribution is 0.606. The summed E-state index contributed by atoms with van der Waals surface area (Å²) in [6.45, 7) is -3.32. The molecule has 280 valence electrons. The molecule has 0 bridgehead atoms. The van der Waals surface area contributed by atoms with Gasteiger partial charge in [0, 0.05) is 37.4 Å². The summed E-state index contributed by atoms with van der Waals surface area (Å²) in [5, 5.41) is -1.61. The van der Waals surface area contributed by atoms with Gasteiger partial charge in [0.2, 0.25) is 0 Å². The number of fused-ring (bicyclic) bond motifs is 6. The molecule has 2 nitrogen and oxygen atoms in total. The molecule has 0 fully saturated rings. The lowest BCUT2D eigenvalue weighted by Crippen LogP contribution is -2.25. The van der Waals surface area contributed by atoms with Crippen LogP contribution in [0, 0.1) is 0 Å². The van der Waals surface area contributed by atoms with Crippen LogP contribution in [0.5, 0.6) is 0 Å². The molecule has 59 heavy (non-hydrogen) atoms. The number of hydrogen-bond donors (Lipinski definition) is 0. The lowest BCUT2D eigenvalue weighted by Gasteiger charge is -2.31. The second kappa shape index (κ2) is 14.2. The van der Waals surface area contributed by atoms with Gasteiger partial charge in [0.15, 0.2) is 0 Å². The molecule has 0 atom stereocenters. The Labute approximate surface area is 400 Å². The summed E-state index contributed by atoms with van der Waals surface area (Å²) >= 11 is 0. The molecule has 0 unspecified atom stereocenters. The highest BCUT2D eigenvalue weighted by Gasteiger charge is 2.43. The zero-order valence-corrected chi connectivity index (χ0v) is 29.6. The molecule has 0 amide bonds. The molecule has 0 aliphatic heterocycles. The van der Waals surface area contributed by atoms with Crippen LogP contribution in [-0.4, -0.2) is 0 Å². The largest absolute Gasteiger partial charge is 0.456 e. The summed E-state index contributed by atoms with van der Waals surface area (Å²) in [5.41, 5.74) is -18.4. The number of anilines is 3. The normalized spacial score (nSPS) is 22.2. The third-order valence-corrected chi connectivity index (χ3v) is 9.50. The minimum absolute atomic E-state index is 0.211. The van der Waals surface area contributed by atoms with Crippen LogP contribution >= 0.6 is 0 Å². The van der Waals surface area contributed by atoms with Crippen LogP contribution in [0.1, 0.15) is 83.4 Å². The fourth-order valence-electron chi connectivity index (χ4n) is 6.87. The standard InChI is InChI=1S/C57H41NO/c1-2-57(52-24-11-9-21-49(52)50-22-10-12-25-53(50)57)44-31-36-51-55(38-44)59-54-26-14-23-48(56(51)54)42-29-34-46(35-30-42)58(45-32-27-41(28-33-45)39-15-5-3-6-16-39)47-20-13-19-43(37-47)40-17-7-4-8-18-40/h3-38H,2H2,1H3/i1D3,3D,4D,5D,6D,7D,8D,9D,10D,11D,12D,13D,14D,15D,16D,17D,18D,19D,20D,21D,22D,23D,24D,25D,26D,27D,28D,29D,30D,31D,32D,33D,34D,35D,36D,37D,38D. The van der Waals surface area contributed by atoms with E-state index in [0.29, 0.717) is 0 Å². The van der Waals surface area contributed by atoms with E-state index in [9.17, 15) is 21.9 Å². The Kier molecular flexibility index (Phi) is 3.14. The van der Waals surface area contributed by atoms with Crippen molar-refractivity contribution in [2.24, 2.45) is 0 Å². The van der Waals surface area contributed by atoms with Crippen LogP contribution in [0.2, 0.25) is 0 Å². The quantitative estimate of drug-likeness (QED) is 0.152. The fourth-order valence-corrected chi connectivity index (χ4v) is 6.87. The molecule has 0 spiro atoms. The molecule has 2 heteroatoms. The number of benzene rings is 9. The van der Waals surface area contributed by atoms with E-state index in [-0.39, 0.29) is 4.90 Å². The average molecular weight is 795 g/mol. The van der Waals surface area contributed by atoms with Gasteiger partial charge in [-0.3, -0.25) is 0 Å². The van der Waals surface area contributed by atoms with E-state index in [2.05, 4.69) is 0 Å². The summed E-state index contributed by atoms with van der Waals surface area (Å²) in [6, 6.07) is -41.0. The topological polar surface area (TPSA) is 16.4 Å². The fraction of sp³-hybridized carbons (Fsp3) is 0.0526. The Morgan fingerprint density at radius 3 is 1.64 bits per heavy atom. The molecular weight excluding hydrogens is 715 g/mol. The van der Waals surface area contributed by atoms with Crippen LogP contribution in [0.15, 0.2) is 222 Å². The Bertz CT molecular complexity index is 5190. The predicted molar refractivity (Wildman–Crippen MR) is 247 cm³/mol. The second-order valence-electron chi connectivity index (χ2n) is 12.6. The van der Waals surface area contributed by atoms with Crippen LogP contribution in [0.25, 0.3) is 66.4 Å². The third-order valence-electron chi connectivity index (χ3n) is 9.50. The summed E-state index contributed by atoms with van der Waals surface area (Å²) in [7, 11) is 0. The molecule has 1 aromatic heterocycles. The third kappa shape index (κ3) is 5.71. The Morgan fingerprint density at radius 2 is 0.983 bits per heavy atom. The maximum Gasteiger partial charge on any atom is 0.136 e. The van der Waals surface area contributed by atoms with Gasteiger partial charge >= 0.3 is 0 Å². The minimum atomic E-state index is -3.32. The minimum Gasteiger partial charge on any atom is -0.456 e. The van der Waals surface area contributed by atoms with E-state index in [1.54, 1.807) is 0 Å². The van der Waals surface area contributed by atoms with Crippen molar-refractivity contribution in [3.63, 3.8) is 0 Å². The Balaban J connectivity index is 1.29. The molecule has 1 heterocycles. The molecule has 11 rings (SSSR count). The van der Waals surface area contributed by atoms with Crippen LogP contribution in [0.4, 0.5) is 17.1 Å². The smallest absolute Gasteiger partial charge is 0.136 e. The predicted octanol–water partition coefficient (Wildman–Crippen LogP) is 15.8. The lowest BCUT2D eigenvalue weighted by atomic mass is 9.70. The van der Waals surface area contributed by atoms with Gasteiger partial charge < -0.3 is 9.32 Å². The van der Waals surface area contributed by atoms with Gasteiger partial charge in [0.1, 0.15) is 11.2 Å². The van der Waals surface area contributed by atoms with Crippen LogP contribution < -0.4 is 4.90 Å². The van der Waals surface area contributed by atoms with E-state index < -0.39 is 336 Å². The number of rotatable bonds is 8.